The summed E-state index contributed by atoms with van der Waals surface area (Å²) in [5.74, 6) is 0. The van der Waals surface area contributed by atoms with Crippen molar-refractivity contribution in [2.75, 3.05) is 0 Å². The number of rotatable bonds is 6. The second-order valence-electron chi connectivity index (χ2n) is 16.6. The first-order valence-corrected chi connectivity index (χ1v) is 20.9. The van der Waals surface area contributed by atoms with Crippen molar-refractivity contribution in [3.8, 4) is 0 Å². The summed E-state index contributed by atoms with van der Waals surface area (Å²) < 4.78 is 343. The Balaban J connectivity index is 0.000000421. The van der Waals surface area contributed by atoms with Crippen LogP contribution < -0.4 is 26.4 Å². The molecular formula is C48H25BClF24N. The maximum Gasteiger partial charge on any atom is 0.416 e. The van der Waals surface area contributed by atoms with Crippen LogP contribution in [0.25, 0.3) is 10.8 Å². The fourth-order valence-electron chi connectivity index (χ4n) is 8.15. The molecule has 0 bridgehead atoms. The molecule has 0 amide bonds. The fourth-order valence-corrected chi connectivity index (χ4v) is 8.27. The van der Waals surface area contributed by atoms with Crippen LogP contribution in [0.4, 0.5) is 105 Å². The van der Waals surface area contributed by atoms with Gasteiger partial charge in [-0.15, -0.1) is 0 Å². The van der Waals surface area contributed by atoms with Gasteiger partial charge in [0.15, 0.2) is 18.9 Å². The molecule has 1 heterocycles. The van der Waals surface area contributed by atoms with Crippen LogP contribution in [0.15, 0.2) is 140 Å². The van der Waals surface area contributed by atoms with Gasteiger partial charge in [-0.3, -0.25) is 0 Å². The average molecular weight is 1120 g/mol. The van der Waals surface area contributed by atoms with E-state index in [2.05, 4.69) is 59.4 Å². The average Bonchev–Trinajstić information content (AvgIpc) is 3.27. The molecule has 7 rings (SSSR count). The minimum Gasteiger partial charge on any atom is -0.200 e. The van der Waals surface area contributed by atoms with Gasteiger partial charge in [-0.1, -0.05) is 90.5 Å². The largest absolute Gasteiger partial charge is 0.416 e. The van der Waals surface area contributed by atoms with E-state index in [1.165, 1.54) is 16.3 Å². The number of halogens is 25. The van der Waals surface area contributed by atoms with Gasteiger partial charge in [0.2, 0.25) is 0 Å². The van der Waals surface area contributed by atoms with Crippen molar-refractivity contribution >= 4 is 50.4 Å². The van der Waals surface area contributed by atoms with Crippen LogP contribution in [-0.2, 0) is 56.0 Å². The van der Waals surface area contributed by atoms with Crippen molar-refractivity contribution in [3.05, 3.63) is 195 Å². The highest BCUT2D eigenvalue weighted by atomic mass is 35.5. The molecule has 0 radical (unpaired) electrons. The van der Waals surface area contributed by atoms with Gasteiger partial charge in [-0.25, -0.2) is 4.57 Å². The molecule has 0 saturated carbocycles. The molecule has 0 unspecified atom stereocenters. The Morgan fingerprint density at radius 2 is 0.573 bits per heavy atom. The van der Waals surface area contributed by atoms with E-state index in [0.29, 0.717) is 0 Å². The summed E-state index contributed by atoms with van der Waals surface area (Å²) >= 11 is 5.89. The summed E-state index contributed by atoms with van der Waals surface area (Å²) in [7, 11) is 0. The van der Waals surface area contributed by atoms with Crippen molar-refractivity contribution in [2.45, 2.75) is 56.0 Å². The van der Waals surface area contributed by atoms with Crippen LogP contribution in [-0.4, -0.2) is 6.15 Å². The number of aromatic nitrogens is 1. The van der Waals surface area contributed by atoms with Crippen molar-refractivity contribution in [1.82, 2.24) is 0 Å². The van der Waals surface area contributed by atoms with E-state index in [4.69, 9.17) is 11.6 Å². The minimum absolute atomic E-state index is 0.691. The van der Waals surface area contributed by atoms with Crippen LogP contribution in [0.1, 0.15) is 50.1 Å². The zero-order valence-corrected chi connectivity index (χ0v) is 37.2. The van der Waals surface area contributed by atoms with Crippen molar-refractivity contribution in [2.24, 2.45) is 0 Å². The van der Waals surface area contributed by atoms with Gasteiger partial charge in [0.1, 0.15) is 6.15 Å². The Kier molecular flexibility index (Phi) is 15.3. The lowest BCUT2D eigenvalue weighted by molar-refractivity contribution is -0.687. The number of hydrogen-bond acceptors (Lipinski definition) is 0. The van der Waals surface area contributed by atoms with Gasteiger partial charge in [0, 0.05) is 22.0 Å². The molecule has 0 N–H and O–H groups in total. The molecule has 0 fully saturated rings. The molecule has 0 aliphatic carbocycles. The normalized spacial score (nSPS) is 13.5. The summed E-state index contributed by atoms with van der Waals surface area (Å²) in [6, 6.07) is 9.70. The highest BCUT2D eigenvalue weighted by Crippen LogP contribution is 2.41. The molecule has 1 nitrogen and oxygen atoms in total. The predicted molar refractivity (Wildman–Crippen MR) is 225 cm³/mol. The summed E-state index contributed by atoms with van der Waals surface area (Å²) in [5, 5.41) is 3.31. The molecule has 0 atom stereocenters. The zero-order chi connectivity index (χ0) is 56.3. The molecule has 400 valence electrons. The maximum absolute atomic E-state index is 14.2. The smallest absolute Gasteiger partial charge is 0.200 e. The monoisotopic (exact) mass is 1120 g/mol. The maximum atomic E-state index is 14.2. The third-order valence-electron chi connectivity index (χ3n) is 11.5. The Labute approximate surface area is 410 Å². The highest BCUT2D eigenvalue weighted by Gasteiger charge is 2.47. The molecule has 27 heteroatoms. The van der Waals surface area contributed by atoms with Crippen molar-refractivity contribution < 1.29 is 110 Å². The predicted octanol–water partition coefficient (Wildman–Crippen LogP) is 15.0. The lowest BCUT2D eigenvalue weighted by Gasteiger charge is -2.46. The van der Waals surface area contributed by atoms with Crippen LogP contribution in [0.2, 0.25) is 5.02 Å². The second-order valence-corrected chi connectivity index (χ2v) is 17.0. The van der Waals surface area contributed by atoms with E-state index in [0.717, 1.165) is 11.6 Å². The number of pyridine rings is 1. The molecule has 6 aromatic carbocycles. The van der Waals surface area contributed by atoms with Gasteiger partial charge in [0.05, 0.1) is 44.5 Å². The first-order valence-electron chi connectivity index (χ1n) is 20.6. The van der Waals surface area contributed by atoms with Gasteiger partial charge in [-0.05, 0) is 47.9 Å². The molecule has 1 aromatic heterocycles. The number of alkyl halides is 24. The number of benzene rings is 6. The van der Waals surface area contributed by atoms with Gasteiger partial charge in [0.25, 0.3) is 0 Å². The molecule has 75 heavy (non-hydrogen) atoms. The molecule has 0 aliphatic heterocycles. The Morgan fingerprint density at radius 3 is 0.827 bits per heavy atom. The van der Waals surface area contributed by atoms with Crippen molar-refractivity contribution in [3.63, 3.8) is 0 Å². The summed E-state index contributed by atoms with van der Waals surface area (Å²) in [5.41, 5.74) is -29.0. The van der Waals surface area contributed by atoms with E-state index in [-0.39, 0.29) is 0 Å². The third-order valence-corrected chi connectivity index (χ3v) is 11.7. The van der Waals surface area contributed by atoms with Crippen LogP contribution in [0, 0.1) is 0 Å². The first-order chi connectivity index (χ1) is 34.1. The van der Waals surface area contributed by atoms with E-state index >= 15 is 0 Å². The molecule has 0 spiro atoms. The molecule has 0 aliphatic rings. The lowest BCUT2D eigenvalue weighted by Crippen LogP contribution is -2.75. The molecular weight excluding hydrogens is 1090 g/mol. The van der Waals surface area contributed by atoms with Gasteiger partial charge < -0.3 is 0 Å². The summed E-state index contributed by atoms with van der Waals surface area (Å²) in [6.07, 6.45) is -50.5. The first kappa shape index (κ1) is 57.7. The topological polar surface area (TPSA) is 3.88 Å². The number of fused-ring (bicyclic) bond motifs is 1. The van der Waals surface area contributed by atoms with Gasteiger partial charge >= 0.3 is 49.4 Å². The fraction of sp³-hybridized carbons (Fsp3) is 0.188. The third kappa shape index (κ3) is 13.3. The molecule has 0 saturated heterocycles. The minimum atomic E-state index is -6.13. The van der Waals surface area contributed by atoms with E-state index < -0.39 is 195 Å². The van der Waals surface area contributed by atoms with Crippen LogP contribution in [0.3, 0.4) is 0 Å². The van der Waals surface area contributed by atoms with E-state index in [1.807, 2.05) is 12.1 Å². The Morgan fingerprint density at radius 1 is 0.320 bits per heavy atom. The van der Waals surface area contributed by atoms with E-state index in [1.54, 1.807) is 0 Å². The molecule has 7 aromatic rings. The summed E-state index contributed by atoms with van der Waals surface area (Å²) in [4.78, 5) is 0. The zero-order valence-electron chi connectivity index (χ0n) is 36.5. The Bertz CT molecular complexity index is 2760. The second kappa shape index (κ2) is 19.8. The van der Waals surface area contributed by atoms with E-state index in [9.17, 15) is 105 Å². The summed E-state index contributed by atoms with van der Waals surface area (Å²) in [6.45, 7) is 0.863. The number of nitrogens with zero attached hydrogens (tertiary/aromatic N) is 1. The van der Waals surface area contributed by atoms with Crippen molar-refractivity contribution in [1.29, 1.82) is 0 Å². The number of hydrogen-bond donors (Lipinski definition) is 0. The highest BCUT2D eigenvalue weighted by molar-refractivity contribution is 7.20. The SMILES string of the molecule is Clc1ccc(C[n+]2ccc3ccccc3c2)cc1.FC(F)(F)c1cc([B-](c2cc(C(F)(F)F)cc(C(F)(F)F)c2)(c2cc(C(F)(F)F)cc(C(F)(F)F)c2)c2cc(C(F)(F)F)cc(C(F)(F)F)c2)cc(C(F)(F)F)c1. The lowest BCUT2D eigenvalue weighted by atomic mass is 9.12. The van der Waals surface area contributed by atoms with Crippen LogP contribution >= 0.6 is 11.6 Å². The Hall–Kier alpha value is -6.60. The van der Waals surface area contributed by atoms with Crippen LogP contribution in [0.5, 0.6) is 0 Å². The quantitative estimate of drug-likeness (QED) is 0.0888. The standard InChI is InChI=1S/C32H12BF24.C16H13ClN/c34-25(35,36)13-1-14(26(37,38)39)6-21(5-13)33(22-7-15(27(40,41)42)2-16(8-22)28(43,44)45,23-9-17(29(46,47)48)3-18(10-23)30(49,50)51)24-11-19(31(52,53)54)4-20(12-24)32(55,56)57;17-16-7-5-13(6-8-16)11-18-10-9-14-3-1-2-4-15(14)12-18/h1-12H;1-10,12H,11H2/q-1;+1. The van der Waals surface area contributed by atoms with Gasteiger partial charge in [-0.2, -0.15) is 127 Å².